The molecule has 2 aliphatic rings. The molecule has 5 heteroatoms. The number of aryl methyl sites for hydroxylation is 3. The van der Waals surface area contributed by atoms with Crippen LogP contribution in [0.2, 0.25) is 5.02 Å². The van der Waals surface area contributed by atoms with Crippen LogP contribution in [0.5, 0.6) is 5.75 Å². The maximum absolute atomic E-state index is 13.5. The van der Waals surface area contributed by atoms with Gasteiger partial charge in [0.2, 0.25) is 0 Å². The zero-order chi connectivity index (χ0) is 24.5. The summed E-state index contributed by atoms with van der Waals surface area (Å²) in [5.74, 6) is 1.80. The molecule has 35 heavy (non-hydrogen) atoms. The largest absolute Gasteiger partial charge is 0.489 e. The van der Waals surface area contributed by atoms with Crippen molar-refractivity contribution in [2.45, 2.75) is 75.3 Å². The van der Waals surface area contributed by atoms with Crippen molar-refractivity contribution < 1.29 is 9.53 Å². The lowest BCUT2D eigenvalue weighted by molar-refractivity contribution is 0.0359. The molecular formula is C30H32ClNO2S. The number of carbonyl (C=O) groups is 1. The monoisotopic (exact) mass is 505 g/mol. The number of amides is 1. The molecule has 0 aromatic heterocycles. The van der Waals surface area contributed by atoms with Crippen LogP contribution in [0.3, 0.4) is 0 Å². The van der Waals surface area contributed by atoms with Crippen molar-refractivity contribution in [3.8, 4) is 5.75 Å². The third kappa shape index (κ3) is 5.39. The number of nitrogens with zero attached hydrogens (tertiary/aromatic N) is 1. The van der Waals surface area contributed by atoms with E-state index in [4.69, 9.17) is 16.3 Å². The Bertz CT molecular complexity index is 1210. The van der Waals surface area contributed by atoms with E-state index in [1.807, 2.05) is 49.0 Å². The minimum absolute atomic E-state index is 0.0977. The number of hydrogen-bond acceptors (Lipinski definition) is 3. The summed E-state index contributed by atoms with van der Waals surface area (Å²) in [4.78, 5) is 16.9. The van der Waals surface area contributed by atoms with Crippen molar-refractivity contribution in [3.63, 3.8) is 0 Å². The summed E-state index contributed by atoms with van der Waals surface area (Å²) in [6.07, 6.45) is 3.90. The molecule has 2 saturated heterocycles. The molecule has 3 aromatic carbocycles. The van der Waals surface area contributed by atoms with Gasteiger partial charge in [-0.1, -0.05) is 47.5 Å². The van der Waals surface area contributed by atoms with Gasteiger partial charge in [-0.2, -0.15) is 0 Å². The molecule has 2 aliphatic heterocycles. The summed E-state index contributed by atoms with van der Waals surface area (Å²) in [5.41, 5.74) is 5.75. The Balaban J connectivity index is 1.21. The third-order valence-electron chi connectivity index (χ3n) is 7.23. The summed E-state index contributed by atoms with van der Waals surface area (Å²) in [5, 5.41) is 0.650. The molecular weight excluding hydrogens is 474 g/mol. The molecule has 2 bridgehead atoms. The average molecular weight is 506 g/mol. The van der Waals surface area contributed by atoms with Crippen LogP contribution in [-0.2, 0) is 5.75 Å². The Morgan fingerprint density at radius 3 is 2.29 bits per heavy atom. The predicted molar refractivity (Wildman–Crippen MR) is 145 cm³/mol. The fourth-order valence-electron chi connectivity index (χ4n) is 5.45. The zero-order valence-electron chi connectivity index (χ0n) is 20.6. The Kier molecular flexibility index (Phi) is 7.13. The maximum Gasteiger partial charge on any atom is 0.254 e. The van der Waals surface area contributed by atoms with E-state index in [-0.39, 0.29) is 24.1 Å². The minimum atomic E-state index is 0.0977. The second-order valence-corrected chi connectivity index (χ2v) is 11.4. The van der Waals surface area contributed by atoms with Crippen molar-refractivity contribution in [1.82, 2.24) is 4.90 Å². The first-order valence-corrected chi connectivity index (χ1v) is 13.8. The number of benzene rings is 3. The van der Waals surface area contributed by atoms with Gasteiger partial charge in [0.15, 0.2) is 0 Å². The highest BCUT2D eigenvalue weighted by molar-refractivity contribution is 7.98. The molecule has 2 atom stereocenters. The Labute approximate surface area is 217 Å². The van der Waals surface area contributed by atoms with E-state index in [9.17, 15) is 4.79 Å². The number of carbonyl (C=O) groups excluding carboxylic acids is 1. The minimum Gasteiger partial charge on any atom is -0.489 e. The van der Waals surface area contributed by atoms with Crippen molar-refractivity contribution >= 4 is 29.3 Å². The summed E-state index contributed by atoms with van der Waals surface area (Å²) in [6.45, 7) is 6.33. The van der Waals surface area contributed by atoms with Crippen molar-refractivity contribution in [2.75, 3.05) is 0 Å². The van der Waals surface area contributed by atoms with Crippen LogP contribution in [0.4, 0.5) is 0 Å². The van der Waals surface area contributed by atoms with E-state index < -0.39 is 0 Å². The van der Waals surface area contributed by atoms with Crippen LogP contribution < -0.4 is 4.74 Å². The summed E-state index contributed by atoms with van der Waals surface area (Å²) in [7, 11) is 0. The highest BCUT2D eigenvalue weighted by atomic mass is 35.5. The Morgan fingerprint density at radius 1 is 0.943 bits per heavy atom. The molecule has 2 fully saturated rings. The highest BCUT2D eigenvalue weighted by Crippen LogP contribution is 2.39. The predicted octanol–water partition coefficient (Wildman–Crippen LogP) is 7.77. The van der Waals surface area contributed by atoms with E-state index in [1.54, 1.807) is 0 Å². The van der Waals surface area contributed by atoms with Gasteiger partial charge in [0, 0.05) is 41.1 Å². The quantitative estimate of drug-likeness (QED) is 0.320. The van der Waals surface area contributed by atoms with E-state index >= 15 is 0 Å². The van der Waals surface area contributed by atoms with Gasteiger partial charge >= 0.3 is 0 Å². The lowest BCUT2D eigenvalue weighted by Crippen LogP contribution is -2.49. The van der Waals surface area contributed by atoms with E-state index in [1.165, 1.54) is 21.6 Å². The number of thioether (sulfide) groups is 1. The van der Waals surface area contributed by atoms with Crippen LogP contribution in [0.1, 0.15) is 58.3 Å². The number of halogens is 1. The van der Waals surface area contributed by atoms with Crippen LogP contribution >= 0.6 is 23.4 Å². The first-order valence-electron chi connectivity index (χ1n) is 12.4. The molecule has 0 N–H and O–H groups in total. The van der Waals surface area contributed by atoms with Crippen LogP contribution in [0.25, 0.3) is 0 Å². The molecule has 0 saturated carbocycles. The fraction of sp³-hybridized carbons (Fsp3) is 0.367. The van der Waals surface area contributed by atoms with Crippen molar-refractivity contribution in [3.05, 3.63) is 93.5 Å². The summed E-state index contributed by atoms with van der Waals surface area (Å²) in [6, 6.07) is 21.1. The lowest BCUT2D eigenvalue weighted by Gasteiger charge is -2.39. The zero-order valence-corrected chi connectivity index (χ0v) is 22.2. The molecule has 1 amide bonds. The average Bonchev–Trinajstić information content (AvgIpc) is 3.11. The summed E-state index contributed by atoms with van der Waals surface area (Å²) < 4.78 is 6.30. The Hall–Kier alpha value is -2.43. The first-order chi connectivity index (χ1) is 16.9. The molecule has 0 radical (unpaired) electrons. The molecule has 0 unspecified atom stereocenters. The van der Waals surface area contributed by atoms with E-state index in [0.29, 0.717) is 5.02 Å². The van der Waals surface area contributed by atoms with Gasteiger partial charge < -0.3 is 9.64 Å². The van der Waals surface area contributed by atoms with Gasteiger partial charge in [-0.15, -0.1) is 11.8 Å². The molecule has 2 heterocycles. The van der Waals surface area contributed by atoms with Crippen molar-refractivity contribution in [1.29, 1.82) is 0 Å². The van der Waals surface area contributed by atoms with Gasteiger partial charge in [0.25, 0.3) is 5.91 Å². The Morgan fingerprint density at radius 2 is 1.60 bits per heavy atom. The number of fused-ring (bicyclic) bond motifs is 2. The van der Waals surface area contributed by atoms with Gasteiger partial charge in [-0.3, -0.25) is 4.79 Å². The molecule has 3 nitrogen and oxygen atoms in total. The topological polar surface area (TPSA) is 29.5 Å². The fourth-order valence-corrected chi connectivity index (χ4v) is 6.58. The second-order valence-electron chi connectivity index (χ2n) is 10.00. The normalized spacial score (nSPS) is 21.3. The lowest BCUT2D eigenvalue weighted by atomic mass is 9.98. The highest BCUT2D eigenvalue weighted by Gasteiger charge is 2.44. The summed E-state index contributed by atoms with van der Waals surface area (Å²) >= 11 is 8.20. The second kappa shape index (κ2) is 10.3. The SMILES string of the molecule is Cc1ccc(SCc2ccc(C(=O)N3[C@H]4CC[C@H]3CC(Oc3cc(C)ccc3Cl)C4)cc2)c(C)c1. The van der Waals surface area contributed by atoms with E-state index in [2.05, 4.69) is 49.1 Å². The van der Waals surface area contributed by atoms with Gasteiger partial charge in [-0.25, -0.2) is 0 Å². The number of hydrogen-bond donors (Lipinski definition) is 0. The molecule has 182 valence electrons. The third-order valence-corrected chi connectivity index (χ3v) is 8.79. The standard InChI is InChI=1S/C30H32ClNO2S/c1-19-5-13-29(21(3)14-19)35-18-22-6-8-23(9-7-22)30(33)32-24-10-11-25(32)17-26(16-24)34-28-15-20(2)4-12-27(28)31/h4-9,12-15,24-26H,10-11,16-18H2,1-3H3/t24-,25-/m0/s1. The maximum atomic E-state index is 13.5. The van der Waals surface area contributed by atoms with Crippen LogP contribution in [0, 0.1) is 20.8 Å². The molecule has 5 rings (SSSR count). The van der Waals surface area contributed by atoms with Gasteiger partial charge in [-0.05, 0) is 80.6 Å². The van der Waals surface area contributed by atoms with Crippen LogP contribution in [-0.4, -0.2) is 29.0 Å². The number of ether oxygens (including phenoxy) is 1. The molecule has 3 aromatic rings. The van der Waals surface area contributed by atoms with Crippen molar-refractivity contribution in [2.24, 2.45) is 0 Å². The van der Waals surface area contributed by atoms with Crippen LogP contribution in [0.15, 0.2) is 65.6 Å². The van der Waals surface area contributed by atoms with E-state index in [0.717, 1.165) is 48.3 Å². The smallest absolute Gasteiger partial charge is 0.254 e. The van der Waals surface area contributed by atoms with Gasteiger partial charge in [0.05, 0.1) is 5.02 Å². The molecule has 0 spiro atoms. The molecule has 0 aliphatic carbocycles. The van der Waals surface area contributed by atoms with Gasteiger partial charge in [0.1, 0.15) is 11.9 Å². The number of piperidine rings is 1. The number of rotatable bonds is 6. The first kappa shape index (κ1) is 24.3.